The lowest BCUT2D eigenvalue weighted by Crippen LogP contribution is -2.22. The van der Waals surface area contributed by atoms with Gasteiger partial charge in [-0.05, 0) is 0 Å². The maximum Gasteiger partial charge on any atom is 0.224 e. The van der Waals surface area contributed by atoms with Crippen LogP contribution in [-0.4, -0.2) is 17.9 Å². The summed E-state index contributed by atoms with van der Waals surface area (Å²) >= 11 is 1.48. The van der Waals surface area contributed by atoms with Gasteiger partial charge in [0.2, 0.25) is 5.91 Å². The zero-order chi connectivity index (χ0) is 7.56. The van der Waals surface area contributed by atoms with Gasteiger partial charge in [-0.25, -0.2) is 4.98 Å². The van der Waals surface area contributed by atoms with Crippen molar-refractivity contribution in [3.05, 3.63) is 10.9 Å². The Kier molecular flexibility index (Phi) is 2.01. The van der Waals surface area contributed by atoms with Gasteiger partial charge in [0.1, 0.15) is 5.82 Å². The van der Waals surface area contributed by atoms with Crippen LogP contribution in [0.25, 0.3) is 0 Å². The molecule has 3 nitrogen and oxygen atoms in total. The minimum Gasteiger partial charge on any atom is -0.300 e. The fourth-order valence-corrected chi connectivity index (χ4v) is 1.10. The Morgan fingerprint density at radius 3 is 2.90 bits per heavy atom. The van der Waals surface area contributed by atoms with E-state index in [1.165, 1.54) is 23.2 Å². The molecule has 54 valence electrons. The van der Waals surface area contributed by atoms with Crippen LogP contribution in [0.2, 0.25) is 0 Å². The highest BCUT2D eigenvalue weighted by Crippen LogP contribution is 2.11. The van der Waals surface area contributed by atoms with E-state index in [-0.39, 0.29) is 5.91 Å². The second-order valence-corrected chi connectivity index (χ2v) is 2.64. The summed E-state index contributed by atoms with van der Waals surface area (Å²) in [5, 5.41) is 1.83. The first-order valence-electron chi connectivity index (χ1n) is 2.84. The third-order valence-electron chi connectivity index (χ3n) is 1.24. The molecule has 1 aromatic rings. The molecule has 0 N–H and O–H groups in total. The van der Waals surface area contributed by atoms with E-state index in [1.54, 1.807) is 12.6 Å². The molecular formula is C6H8N2OS. The fraction of sp³-hybridized carbons (Fsp3) is 0.333. The van der Waals surface area contributed by atoms with Gasteiger partial charge in [-0.2, -0.15) is 0 Å². The summed E-state index contributed by atoms with van der Waals surface area (Å²) in [4.78, 5) is 16.2. The monoisotopic (exact) mass is 156 g/mol. The Bertz CT molecular complexity index is 220. The third-order valence-corrected chi connectivity index (χ3v) is 1.81. The first-order chi connectivity index (χ1) is 4.72. The summed E-state index contributed by atoms with van der Waals surface area (Å²) < 4.78 is 0. The molecule has 0 aliphatic heterocycles. The molecule has 1 amide bonds. The molecule has 0 bridgehead atoms. The van der Waals surface area contributed by atoms with Crippen molar-refractivity contribution in [1.29, 1.82) is 0 Å². The smallest absolute Gasteiger partial charge is 0.224 e. The molecule has 0 radical (unpaired) electrons. The van der Waals surface area contributed by atoms with Crippen molar-refractivity contribution >= 4 is 23.1 Å². The number of amides is 1. The molecule has 0 aliphatic carbocycles. The molecule has 4 heteroatoms. The van der Waals surface area contributed by atoms with Crippen molar-refractivity contribution in [2.45, 2.75) is 6.92 Å². The Morgan fingerprint density at radius 1 is 1.80 bits per heavy atom. The summed E-state index contributed by atoms with van der Waals surface area (Å²) in [6.45, 7) is 1.51. The number of aromatic nitrogens is 1. The van der Waals surface area contributed by atoms with Crippen LogP contribution < -0.4 is 4.90 Å². The molecule has 10 heavy (non-hydrogen) atoms. The molecule has 0 aliphatic rings. The van der Waals surface area contributed by atoms with Crippen LogP contribution in [0.4, 0.5) is 5.82 Å². The van der Waals surface area contributed by atoms with Gasteiger partial charge in [-0.3, -0.25) is 9.69 Å². The zero-order valence-corrected chi connectivity index (χ0v) is 6.68. The number of hydrogen-bond acceptors (Lipinski definition) is 3. The molecule has 0 saturated carbocycles. The maximum absolute atomic E-state index is 10.7. The van der Waals surface area contributed by atoms with Crippen molar-refractivity contribution in [2.75, 3.05) is 11.9 Å². The Balaban J connectivity index is 2.77. The van der Waals surface area contributed by atoms with Gasteiger partial charge < -0.3 is 0 Å². The average Bonchev–Trinajstić information content (AvgIpc) is 2.36. The Labute approximate surface area is 63.3 Å². The van der Waals surface area contributed by atoms with E-state index in [0.717, 1.165) is 5.82 Å². The van der Waals surface area contributed by atoms with Gasteiger partial charge in [0.05, 0.1) is 5.51 Å². The second-order valence-electron chi connectivity index (χ2n) is 1.92. The summed E-state index contributed by atoms with van der Waals surface area (Å²) in [7, 11) is 1.71. The highest BCUT2D eigenvalue weighted by atomic mass is 32.1. The number of hydrogen-bond donors (Lipinski definition) is 0. The van der Waals surface area contributed by atoms with Crippen LogP contribution in [0.15, 0.2) is 10.9 Å². The fourth-order valence-electron chi connectivity index (χ4n) is 0.533. The van der Waals surface area contributed by atoms with Crippen LogP contribution in [0, 0.1) is 0 Å². The predicted molar refractivity (Wildman–Crippen MR) is 41.2 cm³/mol. The van der Waals surface area contributed by atoms with Crippen LogP contribution in [0.5, 0.6) is 0 Å². The van der Waals surface area contributed by atoms with Crippen molar-refractivity contribution in [2.24, 2.45) is 0 Å². The van der Waals surface area contributed by atoms with Crippen molar-refractivity contribution < 1.29 is 4.79 Å². The summed E-state index contributed by atoms with van der Waals surface area (Å²) in [5.41, 5.74) is 1.70. The number of anilines is 1. The Morgan fingerprint density at radius 2 is 2.50 bits per heavy atom. The summed E-state index contributed by atoms with van der Waals surface area (Å²) in [5.74, 6) is 0.725. The average molecular weight is 156 g/mol. The second kappa shape index (κ2) is 2.79. The van der Waals surface area contributed by atoms with E-state index in [2.05, 4.69) is 4.98 Å². The normalized spacial score (nSPS) is 9.40. The molecule has 1 rings (SSSR count). The summed E-state index contributed by atoms with van der Waals surface area (Å²) in [6, 6.07) is 0. The molecule has 0 unspecified atom stereocenters. The van der Waals surface area contributed by atoms with Gasteiger partial charge >= 0.3 is 0 Å². The highest BCUT2D eigenvalue weighted by molar-refractivity contribution is 7.07. The van der Waals surface area contributed by atoms with E-state index in [9.17, 15) is 4.79 Å². The van der Waals surface area contributed by atoms with Gasteiger partial charge in [0, 0.05) is 19.4 Å². The maximum atomic E-state index is 10.7. The lowest BCUT2D eigenvalue weighted by Gasteiger charge is -2.09. The number of thiazole rings is 1. The molecule has 0 fully saturated rings. The number of rotatable bonds is 1. The van der Waals surface area contributed by atoms with E-state index in [0.29, 0.717) is 0 Å². The number of nitrogens with zero attached hydrogens (tertiary/aromatic N) is 2. The largest absolute Gasteiger partial charge is 0.300 e. The van der Waals surface area contributed by atoms with Gasteiger partial charge in [0.25, 0.3) is 0 Å². The standard InChI is InChI=1S/C6H8N2OS/c1-5(9)8(2)6-3-10-4-7-6/h3-4H,1-2H3. The number of carbonyl (C=O) groups excluding carboxylic acids is 1. The zero-order valence-electron chi connectivity index (χ0n) is 5.87. The van der Waals surface area contributed by atoms with E-state index in [4.69, 9.17) is 0 Å². The quantitative estimate of drug-likeness (QED) is 0.610. The van der Waals surface area contributed by atoms with Crippen LogP contribution >= 0.6 is 11.3 Å². The highest BCUT2D eigenvalue weighted by Gasteiger charge is 2.05. The van der Waals surface area contributed by atoms with Crippen LogP contribution in [-0.2, 0) is 4.79 Å². The minimum atomic E-state index is 0.00546. The third kappa shape index (κ3) is 1.33. The van der Waals surface area contributed by atoms with Crippen LogP contribution in [0.1, 0.15) is 6.92 Å². The predicted octanol–water partition coefficient (Wildman–Crippen LogP) is 1.13. The molecule has 0 spiro atoms. The first kappa shape index (κ1) is 7.21. The lowest BCUT2D eigenvalue weighted by molar-refractivity contribution is -0.116. The first-order valence-corrected chi connectivity index (χ1v) is 3.78. The van der Waals surface area contributed by atoms with Gasteiger partial charge in [0.15, 0.2) is 0 Å². The minimum absolute atomic E-state index is 0.00546. The molecule has 1 heterocycles. The van der Waals surface area contributed by atoms with Crippen molar-refractivity contribution in [1.82, 2.24) is 4.98 Å². The number of carbonyl (C=O) groups is 1. The molecule has 0 atom stereocenters. The Hall–Kier alpha value is -0.900. The molecule has 1 aromatic heterocycles. The van der Waals surface area contributed by atoms with Crippen LogP contribution in [0.3, 0.4) is 0 Å². The van der Waals surface area contributed by atoms with Gasteiger partial charge in [-0.15, -0.1) is 11.3 Å². The lowest BCUT2D eigenvalue weighted by atomic mass is 10.6. The van der Waals surface area contributed by atoms with Crippen molar-refractivity contribution in [3.63, 3.8) is 0 Å². The van der Waals surface area contributed by atoms with Gasteiger partial charge in [-0.1, -0.05) is 0 Å². The van der Waals surface area contributed by atoms with E-state index in [1.807, 2.05) is 5.38 Å². The molecule has 0 saturated heterocycles. The topological polar surface area (TPSA) is 33.2 Å². The van der Waals surface area contributed by atoms with E-state index >= 15 is 0 Å². The molecular weight excluding hydrogens is 148 g/mol. The molecule has 0 aromatic carbocycles. The SMILES string of the molecule is CC(=O)N(C)c1cscn1. The van der Waals surface area contributed by atoms with E-state index < -0.39 is 0 Å². The summed E-state index contributed by atoms with van der Waals surface area (Å²) in [6.07, 6.45) is 0. The van der Waals surface area contributed by atoms with Crippen molar-refractivity contribution in [3.8, 4) is 0 Å².